The number of hydrogen-bond acceptors (Lipinski definition) is 4. The average molecular weight is 534 g/mol. The van der Waals surface area contributed by atoms with Crippen molar-refractivity contribution in [1.29, 1.82) is 0 Å². The number of hydrazone groups is 1. The molecule has 0 spiro atoms. The third-order valence-electron chi connectivity index (χ3n) is 4.87. The second-order valence-corrected chi connectivity index (χ2v) is 8.30. The number of fused-ring (bicyclic) bond motifs is 1. The molecule has 0 aromatic heterocycles. The zero-order valence-corrected chi connectivity index (χ0v) is 19.4. The molecular weight excluding hydrogens is 515 g/mol. The summed E-state index contributed by atoms with van der Waals surface area (Å²) in [7, 11) is 0. The molecule has 1 amide bonds. The van der Waals surface area contributed by atoms with Crippen LogP contribution >= 0.6 is 22.6 Å². The molecule has 1 N–H and O–H groups in total. The van der Waals surface area contributed by atoms with E-state index in [1.54, 1.807) is 30.3 Å². The van der Waals surface area contributed by atoms with Gasteiger partial charge < -0.3 is 4.74 Å². The summed E-state index contributed by atoms with van der Waals surface area (Å²) in [5, 5.41) is 5.97. The second-order valence-electron chi connectivity index (χ2n) is 7.14. The van der Waals surface area contributed by atoms with Crippen LogP contribution in [0.25, 0.3) is 10.8 Å². The van der Waals surface area contributed by atoms with Gasteiger partial charge in [-0.05, 0) is 70.6 Å². The number of benzene rings is 4. The molecule has 0 aliphatic heterocycles. The molecular formula is C26H19IN2O3. The summed E-state index contributed by atoms with van der Waals surface area (Å²) in [5.74, 6) is -0.409. The largest absolute Gasteiger partial charge is 0.422 e. The zero-order valence-electron chi connectivity index (χ0n) is 17.2. The van der Waals surface area contributed by atoms with Gasteiger partial charge in [-0.25, -0.2) is 10.2 Å². The molecule has 0 aliphatic rings. The fraction of sp³-hybridized carbons (Fsp3) is 0.0385. The van der Waals surface area contributed by atoms with E-state index < -0.39 is 5.97 Å². The molecule has 0 radical (unpaired) electrons. The highest BCUT2D eigenvalue weighted by Gasteiger charge is 2.14. The summed E-state index contributed by atoms with van der Waals surface area (Å²) < 4.78 is 6.54. The Hall–Kier alpha value is -3.52. The van der Waals surface area contributed by atoms with E-state index in [1.165, 1.54) is 6.21 Å². The lowest BCUT2D eigenvalue weighted by Crippen LogP contribution is -2.19. The molecule has 0 saturated carbocycles. The number of nitrogens with one attached hydrogen (secondary N) is 1. The topological polar surface area (TPSA) is 67.8 Å². The highest BCUT2D eigenvalue weighted by molar-refractivity contribution is 14.1. The average Bonchev–Trinajstić information content (AvgIpc) is 2.80. The third kappa shape index (κ3) is 4.86. The van der Waals surface area contributed by atoms with Crippen LogP contribution in [0.3, 0.4) is 0 Å². The quantitative estimate of drug-likeness (QED) is 0.117. The van der Waals surface area contributed by atoms with E-state index in [0.717, 1.165) is 19.9 Å². The number of carbonyl (C=O) groups excluding carboxylic acids is 2. The predicted octanol–water partition coefficient (Wildman–Crippen LogP) is 5.74. The molecule has 0 aliphatic carbocycles. The first kappa shape index (κ1) is 21.7. The summed E-state index contributed by atoms with van der Waals surface area (Å²) in [6.45, 7) is 1.92. The lowest BCUT2D eigenvalue weighted by molar-refractivity contribution is 0.0734. The maximum Gasteiger partial charge on any atom is 0.343 e. The van der Waals surface area contributed by atoms with Crippen molar-refractivity contribution in [3.8, 4) is 5.75 Å². The van der Waals surface area contributed by atoms with Gasteiger partial charge in [-0.15, -0.1) is 0 Å². The van der Waals surface area contributed by atoms with Gasteiger partial charge in [0.1, 0.15) is 5.75 Å². The van der Waals surface area contributed by atoms with Crippen molar-refractivity contribution in [3.63, 3.8) is 0 Å². The Morgan fingerprint density at radius 1 is 0.938 bits per heavy atom. The van der Waals surface area contributed by atoms with Gasteiger partial charge in [0.25, 0.3) is 5.91 Å². The first-order chi connectivity index (χ1) is 15.5. The minimum absolute atomic E-state index is 0.315. The van der Waals surface area contributed by atoms with Gasteiger partial charge in [-0.1, -0.05) is 60.2 Å². The van der Waals surface area contributed by atoms with E-state index >= 15 is 0 Å². The number of nitrogens with zero attached hydrogens (tertiary/aromatic N) is 1. The molecule has 158 valence electrons. The van der Waals surface area contributed by atoms with Crippen molar-refractivity contribution < 1.29 is 14.3 Å². The van der Waals surface area contributed by atoms with Crippen molar-refractivity contribution in [2.24, 2.45) is 5.10 Å². The van der Waals surface area contributed by atoms with Crippen molar-refractivity contribution in [2.45, 2.75) is 6.92 Å². The SMILES string of the molecule is Cc1cccc(C(=O)Oc2ccc3ccccc3c2/C=N/NC(=O)c2ccccc2I)c1. The highest BCUT2D eigenvalue weighted by atomic mass is 127. The maximum absolute atomic E-state index is 12.7. The van der Waals surface area contributed by atoms with Gasteiger partial charge in [-0.3, -0.25) is 4.79 Å². The van der Waals surface area contributed by atoms with Crippen LogP contribution in [0.4, 0.5) is 0 Å². The standard InChI is InChI=1S/C26H19IN2O3/c1-17-7-6-9-19(15-17)26(31)32-24-14-13-18-8-2-3-10-20(18)22(24)16-28-29-25(30)21-11-4-5-12-23(21)27/h2-16H,1H3,(H,29,30)/b28-16+. The van der Waals surface area contributed by atoms with Crippen molar-refractivity contribution in [2.75, 3.05) is 0 Å². The molecule has 0 saturated heterocycles. The first-order valence-electron chi connectivity index (χ1n) is 9.91. The normalized spacial score (nSPS) is 10.9. The number of hydrogen-bond donors (Lipinski definition) is 1. The van der Waals surface area contributed by atoms with Gasteiger partial charge in [0.15, 0.2) is 0 Å². The van der Waals surface area contributed by atoms with Gasteiger partial charge in [0, 0.05) is 9.13 Å². The van der Waals surface area contributed by atoms with Crippen LogP contribution in [0.5, 0.6) is 5.75 Å². The van der Waals surface area contributed by atoms with Crippen molar-refractivity contribution >= 4 is 51.5 Å². The Labute approximate surface area is 199 Å². The third-order valence-corrected chi connectivity index (χ3v) is 5.81. The Balaban J connectivity index is 1.64. The molecule has 6 heteroatoms. The van der Waals surface area contributed by atoms with Crippen molar-refractivity contribution in [1.82, 2.24) is 5.43 Å². The van der Waals surface area contributed by atoms with Crippen LogP contribution in [0.15, 0.2) is 90.0 Å². The van der Waals surface area contributed by atoms with E-state index in [9.17, 15) is 9.59 Å². The monoisotopic (exact) mass is 534 g/mol. The molecule has 4 aromatic rings. The van der Waals surface area contributed by atoms with Crippen LogP contribution < -0.4 is 10.2 Å². The Morgan fingerprint density at radius 2 is 1.72 bits per heavy atom. The molecule has 0 fully saturated rings. The lowest BCUT2D eigenvalue weighted by Gasteiger charge is -2.11. The summed E-state index contributed by atoms with van der Waals surface area (Å²) in [4.78, 5) is 25.2. The van der Waals surface area contributed by atoms with Crippen LogP contribution in [0.2, 0.25) is 0 Å². The molecule has 4 rings (SSSR count). The van der Waals surface area contributed by atoms with E-state index in [4.69, 9.17) is 4.74 Å². The number of ether oxygens (including phenoxy) is 1. The molecule has 5 nitrogen and oxygen atoms in total. The summed E-state index contributed by atoms with van der Waals surface area (Å²) in [6, 6.07) is 25.8. The number of amides is 1. The molecule has 4 aromatic carbocycles. The zero-order chi connectivity index (χ0) is 22.5. The molecule has 0 atom stereocenters. The molecule has 0 unspecified atom stereocenters. The number of carbonyl (C=O) groups is 2. The number of rotatable bonds is 5. The summed E-state index contributed by atoms with van der Waals surface area (Å²) >= 11 is 2.11. The lowest BCUT2D eigenvalue weighted by atomic mass is 10.0. The summed E-state index contributed by atoms with van der Waals surface area (Å²) in [6.07, 6.45) is 1.51. The Kier molecular flexibility index (Phi) is 6.61. The van der Waals surface area contributed by atoms with Gasteiger partial charge >= 0.3 is 5.97 Å². The molecule has 0 bridgehead atoms. The van der Waals surface area contributed by atoms with E-state index in [-0.39, 0.29) is 5.91 Å². The van der Waals surface area contributed by atoms with E-state index in [0.29, 0.717) is 22.4 Å². The summed E-state index contributed by atoms with van der Waals surface area (Å²) in [5.41, 5.74) is 5.13. The Morgan fingerprint density at radius 3 is 2.53 bits per heavy atom. The number of halogens is 1. The maximum atomic E-state index is 12.7. The second kappa shape index (κ2) is 9.74. The minimum atomic E-state index is -0.457. The van der Waals surface area contributed by atoms with Crippen LogP contribution in [-0.2, 0) is 0 Å². The number of esters is 1. The Bertz CT molecular complexity index is 1350. The van der Waals surface area contributed by atoms with Gasteiger partial charge in [0.05, 0.1) is 17.3 Å². The van der Waals surface area contributed by atoms with E-state index in [1.807, 2.05) is 61.5 Å². The van der Waals surface area contributed by atoms with Crippen LogP contribution in [0.1, 0.15) is 31.8 Å². The minimum Gasteiger partial charge on any atom is -0.422 e. The molecule has 0 heterocycles. The van der Waals surface area contributed by atoms with Gasteiger partial charge in [0.2, 0.25) is 0 Å². The highest BCUT2D eigenvalue weighted by Crippen LogP contribution is 2.27. The number of aryl methyl sites for hydroxylation is 1. The van der Waals surface area contributed by atoms with Crippen molar-refractivity contribution in [3.05, 3.63) is 111 Å². The molecule has 32 heavy (non-hydrogen) atoms. The van der Waals surface area contributed by atoms with E-state index in [2.05, 4.69) is 33.1 Å². The fourth-order valence-electron chi connectivity index (χ4n) is 3.29. The van der Waals surface area contributed by atoms with Crippen LogP contribution in [-0.4, -0.2) is 18.1 Å². The fourth-order valence-corrected chi connectivity index (χ4v) is 3.92. The smallest absolute Gasteiger partial charge is 0.343 e. The first-order valence-corrected chi connectivity index (χ1v) is 11.0. The predicted molar refractivity (Wildman–Crippen MR) is 134 cm³/mol. The van der Waals surface area contributed by atoms with Gasteiger partial charge in [-0.2, -0.15) is 5.10 Å². The van der Waals surface area contributed by atoms with Crippen LogP contribution in [0, 0.1) is 10.5 Å².